The van der Waals surface area contributed by atoms with E-state index < -0.39 is 17.6 Å². The summed E-state index contributed by atoms with van der Waals surface area (Å²) in [5.74, 6) is -0.432. The van der Waals surface area contributed by atoms with Gasteiger partial charge in [-0.3, -0.25) is 9.59 Å². The third kappa shape index (κ3) is 8.71. The Balaban J connectivity index is 2.01. The molecule has 0 aliphatic rings. The topological polar surface area (TPSA) is 149 Å². The van der Waals surface area contributed by atoms with E-state index in [-0.39, 0.29) is 24.0 Å². The average molecular weight is 501 g/mol. The first-order valence-electron chi connectivity index (χ1n) is 11.8. The maximum Gasteiger partial charge on any atom is 0.410 e. The van der Waals surface area contributed by atoms with Gasteiger partial charge in [0.15, 0.2) is 11.5 Å². The van der Waals surface area contributed by atoms with E-state index in [1.807, 2.05) is 38.1 Å². The maximum atomic E-state index is 12.2. The minimum atomic E-state index is -0.696. The van der Waals surface area contributed by atoms with Gasteiger partial charge in [0.1, 0.15) is 17.8 Å². The standard InChI is InChI=1S/C25H36N6O5/c1-7-18-23(35-8-2)30-22(20(29-18)21(26)33)28-17-11-9-10-16(14-17)12-13-27-19(32)15-31(6)24(34)36-25(3,4)5/h9-11,14H,7-8,12-13,15H2,1-6H3,(H2,26,33)(H,27,32)(H,28,30). The Kier molecular flexibility index (Phi) is 10.0. The fourth-order valence-corrected chi connectivity index (χ4v) is 3.16. The average Bonchev–Trinajstić information content (AvgIpc) is 2.78. The van der Waals surface area contributed by atoms with Gasteiger partial charge in [0, 0.05) is 19.3 Å². The molecule has 1 heterocycles. The monoisotopic (exact) mass is 500 g/mol. The quantitative estimate of drug-likeness (QED) is 0.426. The van der Waals surface area contributed by atoms with Crippen molar-refractivity contribution in [1.29, 1.82) is 0 Å². The Morgan fingerprint density at radius 2 is 1.86 bits per heavy atom. The Bertz CT molecular complexity index is 1080. The molecule has 0 unspecified atom stereocenters. The summed E-state index contributed by atoms with van der Waals surface area (Å²) in [5, 5.41) is 5.90. The van der Waals surface area contributed by atoms with Crippen molar-refractivity contribution in [2.45, 2.75) is 53.1 Å². The molecule has 36 heavy (non-hydrogen) atoms. The lowest BCUT2D eigenvalue weighted by atomic mass is 10.1. The molecule has 196 valence electrons. The normalized spacial score (nSPS) is 10.9. The summed E-state index contributed by atoms with van der Waals surface area (Å²) in [6, 6.07) is 7.45. The van der Waals surface area contributed by atoms with Crippen LogP contribution in [0, 0.1) is 0 Å². The second kappa shape index (κ2) is 12.7. The number of nitrogens with zero attached hydrogens (tertiary/aromatic N) is 3. The van der Waals surface area contributed by atoms with Gasteiger partial charge in [-0.05, 0) is 58.2 Å². The molecule has 0 radical (unpaired) electrons. The van der Waals surface area contributed by atoms with Crippen LogP contribution in [0.2, 0.25) is 0 Å². The molecule has 0 saturated carbocycles. The lowest BCUT2D eigenvalue weighted by Crippen LogP contribution is -2.41. The zero-order valence-electron chi connectivity index (χ0n) is 21.8. The molecule has 11 nitrogen and oxygen atoms in total. The zero-order chi connectivity index (χ0) is 26.9. The molecule has 3 amide bonds. The number of primary amides is 1. The highest BCUT2D eigenvalue weighted by Gasteiger charge is 2.21. The lowest BCUT2D eigenvalue weighted by Gasteiger charge is -2.24. The van der Waals surface area contributed by atoms with Crippen LogP contribution in [0.5, 0.6) is 5.88 Å². The number of nitrogens with two attached hydrogens (primary N) is 1. The molecule has 0 bridgehead atoms. The number of hydrogen-bond acceptors (Lipinski definition) is 8. The van der Waals surface area contributed by atoms with E-state index >= 15 is 0 Å². The molecular formula is C25H36N6O5. The predicted octanol–water partition coefficient (Wildman–Crippen LogP) is 2.81. The first-order valence-corrected chi connectivity index (χ1v) is 11.8. The van der Waals surface area contributed by atoms with Crippen LogP contribution in [0.4, 0.5) is 16.3 Å². The molecule has 1 aromatic heterocycles. The van der Waals surface area contributed by atoms with E-state index in [9.17, 15) is 14.4 Å². The summed E-state index contributed by atoms with van der Waals surface area (Å²) in [6.45, 7) is 9.70. The summed E-state index contributed by atoms with van der Waals surface area (Å²) in [6.07, 6.45) is 0.525. The molecule has 0 saturated heterocycles. The van der Waals surface area contributed by atoms with Crippen molar-refractivity contribution in [3.05, 3.63) is 41.2 Å². The van der Waals surface area contributed by atoms with Crippen molar-refractivity contribution in [3.8, 4) is 5.88 Å². The van der Waals surface area contributed by atoms with Gasteiger partial charge in [-0.15, -0.1) is 0 Å². The fraction of sp³-hybridized carbons (Fsp3) is 0.480. The number of rotatable bonds is 11. The number of aromatic nitrogens is 2. The second-order valence-corrected chi connectivity index (χ2v) is 9.09. The van der Waals surface area contributed by atoms with Crippen molar-refractivity contribution in [3.63, 3.8) is 0 Å². The van der Waals surface area contributed by atoms with Crippen molar-refractivity contribution in [2.24, 2.45) is 5.73 Å². The van der Waals surface area contributed by atoms with Gasteiger partial charge in [-0.1, -0.05) is 19.1 Å². The molecule has 2 aromatic rings. The van der Waals surface area contributed by atoms with Crippen LogP contribution in [0.15, 0.2) is 24.3 Å². The van der Waals surface area contributed by atoms with Crippen molar-refractivity contribution in [2.75, 3.05) is 32.1 Å². The van der Waals surface area contributed by atoms with Gasteiger partial charge in [0.05, 0.1) is 6.61 Å². The van der Waals surface area contributed by atoms with Gasteiger partial charge < -0.3 is 30.7 Å². The number of hydrogen-bond donors (Lipinski definition) is 3. The number of carbonyl (C=O) groups is 3. The van der Waals surface area contributed by atoms with E-state index in [4.69, 9.17) is 15.2 Å². The smallest absolute Gasteiger partial charge is 0.410 e. The van der Waals surface area contributed by atoms with Crippen LogP contribution in [-0.4, -0.2) is 65.1 Å². The first-order chi connectivity index (χ1) is 16.9. The van der Waals surface area contributed by atoms with Crippen LogP contribution in [-0.2, 0) is 22.4 Å². The van der Waals surface area contributed by atoms with Crippen LogP contribution < -0.4 is 21.1 Å². The molecule has 2 rings (SSSR count). The molecule has 4 N–H and O–H groups in total. The van der Waals surface area contributed by atoms with Crippen molar-refractivity contribution in [1.82, 2.24) is 20.2 Å². The van der Waals surface area contributed by atoms with Gasteiger partial charge in [0.2, 0.25) is 11.8 Å². The number of aryl methyl sites for hydroxylation is 1. The number of anilines is 2. The molecular weight excluding hydrogens is 464 g/mol. The van der Waals surface area contributed by atoms with Crippen LogP contribution in [0.1, 0.15) is 56.4 Å². The number of ether oxygens (including phenoxy) is 2. The lowest BCUT2D eigenvalue weighted by molar-refractivity contribution is -0.121. The van der Waals surface area contributed by atoms with Gasteiger partial charge in [0.25, 0.3) is 5.91 Å². The summed E-state index contributed by atoms with van der Waals surface area (Å²) in [4.78, 5) is 46.2. The largest absolute Gasteiger partial charge is 0.477 e. The number of benzene rings is 1. The first kappa shape index (κ1) is 28.3. The molecule has 0 atom stereocenters. The highest BCUT2D eigenvalue weighted by atomic mass is 16.6. The summed E-state index contributed by atoms with van der Waals surface area (Å²) in [5.41, 5.74) is 7.09. The van der Waals surface area contributed by atoms with E-state index in [0.717, 1.165) is 5.56 Å². The fourth-order valence-electron chi connectivity index (χ4n) is 3.16. The number of amides is 3. The van der Waals surface area contributed by atoms with E-state index in [0.29, 0.717) is 43.3 Å². The Morgan fingerprint density at radius 1 is 1.14 bits per heavy atom. The summed E-state index contributed by atoms with van der Waals surface area (Å²) < 4.78 is 10.8. The SMILES string of the molecule is CCOc1nc(Nc2cccc(CCNC(=O)CN(C)C(=O)OC(C)(C)C)c2)c(C(N)=O)nc1CC. The number of likely N-dealkylation sites (N-methyl/N-ethyl adjacent to an activating group) is 1. The molecule has 0 aliphatic heterocycles. The predicted molar refractivity (Wildman–Crippen MR) is 136 cm³/mol. The van der Waals surface area contributed by atoms with Crippen LogP contribution in [0.3, 0.4) is 0 Å². The zero-order valence-corrected chi connectivity index (χ0v) is 21.8. The van der Waals surface area contributed by atoms with Crippen molar-refractivity contribution < 1.29 is 23.9 Å². The number of carbonyl (C=O) groups excluding carboxylic acids is 3. The minimum Gasteiger partial charge on any atom is -0.477 e. The third-order valence-corrected chi connectivity index (χ3v) is 4.79. The summed E-state index contributed by atoms with van der Waals surface area (Å²) in [7, 11) is 1.51. The third-order valence-electron chi connectivity index (χ3n) is 4.79. The molecule has 0 fully saturated rings. The highest BCUT2D eigenvalue weighted by molar-refractivity contribution is 5.96. The molecule has 11 heteroatoms. The maximum absolute atomic E-state index is 12.2. The van der Waals surface area contributed by atoms with E-state index in [1.54, 1.807) is 20.8 Å². The van der Waals surface area contributed by atoms with Gasteiger partial charge in [-0.2, -0.15) is 4.98 Å². The van der Waals surface area contributed by atoms with E-state index in [2.05, 4.69) is 20.6 Å². The Hall–Kier alpha value is -3.89. The second-order valence-electron chi connectivity index (χ2n) is 9.09. The van der Waals surface area contributed by atoms with E-state index in [1.165, 1.54) is 11.9 Å². The van der Waals surface area contributed by atoms with Crippen LogP contribution in [0.25, 0.3) is 0 Å². The number of nitrogens with one attached hydrogen (secondary N) is 2. The minimum absolute atomic E-state index is 0.0297. The Labute approximate surface area is 211 Å². The van der Waals surface area contributed by atoms with Crippen LogP contribution >= 0.6 is 0 Å². The van der Waals surface area contributed by atoms with Crippen molar-refractivity contribution >= 4 is 29.4 Å². The molecule has 1 aromatic carbocycles. The highest BCUT2D eigenvalue weighted by Crippen LogP contribution is 2.24. The summed E-state index contributed by atoms with van der Waals surface area (Å²) >= 11 is 0. The molecule has 0 aliphatic carbocycles. The van der Waals surface area contributed by atoms with Gasteiger partial charge in [-0.25, -0.2) is 9.78 Å². The Morgan fingerprint density at radius 3 is 2.47 bits per heavy atom. The molecule has 0 spiro atoms. The van der Waals surface area contributed by atoms with Gasteiger partial charge >= 0.3 is 6.09 Å².